The third-order valence-corrected chi connectivity index (χ3v) is 5.39. The number of aromatic nitrogens is 2. The predicted molar refractivity (Wildman–Crippen MR) is 91.1 cm³/mol. The second-order valence-electron chi connectivity index (χ2n) is 6.89. The standard InChI is InChI=1S/C18H26N4O2/c1-12-15(11-20-22(12)3)17-14(9-16(23)21(17)2)18(24)19-10-13-7-5-4-6-8-13/h7,11,14,17H,4-6,8-10H2,1-3H3,(H,19,24)/t14-,17-/m0/s1. The van der Waals surface area contributed by atoms with E-state index in [9.17, 15) is 9.59 Å². The molecular weight excluding hydrogens is 304 g/mol. The zero-order chi connectivity index (χ0) is 17.3. The van der Waals surface area contributed by atoms with E-state index in [0.717, 1.165) is 24.1 Å². The van der Waals surface area contributed by atoms with Crippen molar-refractivity contribution in [1.82, 2.24) is 20.0 Å². The smallest absolute Gasteiger partial charge is 0.226 e. The molecule has 1 aromatic heterocycles. The number of likely N-dealkylation sites (tertiary alicyclic amines) is 1. The Hall–Kier alpha value is -2.11. The van der Waals surface area contributed by atoms with Crippen LogP contribution in [0.25, 0.3) is 0 Å². The lowest BCUT2D eigenvalue weighted by atomic mass is 9.93. The minimum atomic E-state index is -0.352. The normalized spacial score (nSPS) is 24.2. The van der Waals surface area contributed by atoms with Gasteiger partial charge in [-0.05, 0) is 32.6 Å². The Morgan fingerprint density at radius 2 is 2.17 bits per heavy atom. The Morgan fingerprint density at radius 3 is 2.79 bits per heavy atom. The fraction of sp³-hybridized carbons (Fsp3) is 0.611. The molecule has 0 unspecified atom stereocenters. The summed E-state index contributed by atoms with van der Waals surface area (Å²) in [6.07, 6.45) is 8.88. The molecule has 24 heavy (non-hydrogen) atoms. The molecule has 2 heterocycles. The zero-order valence-electron chi connectivity index (χ0n) is 14.7. The van der Waals surface area contributed by atoms with Gasteiger partial charge in [-0.25, -0.2) is 0 Å². The van der Waals surface area contributed by atoms with Crippen LogP contribution in [0.2, 0.25) is 0 Å². The average Bonchev–Trinajstić information content (AvgIpc) is 3.06. The molecule has 1 aromatic rings. The summed E-state index contributed by atoms with van der Waals surface area (Å²) in [7, 11) is 3.65. The van der Waals surface area contributed by atoms with Gasteiger partial charge in [0.05, 0.1) is 18.2 Å². The van der Waals surface area contributed by atoms with Gasteiger partial charge in [0.15, 0.2) is 0 Å². The molecule has 2 amide bonds. The third-order valence-electron chi connectivity index (χ3n) is 5.39. The van der Waals surface area contributed by atoms with Crippen molar-refractivity contribution in [2.45, 2.75) is 45.1 Å². The van der Waals surface area contributed by atoms with Crippen LogP contribution in [0.5, 0.6) is 0 Å². The first-order chi connectivity index (χ1) is 11.5. The van der Waals surface area contributed by atoms with Gasteiger partial charge in [0, 0.05) is 38.3 Å². The maximum Gasteiger partial charge on any atom is 0.226 e. The summed E-state index contributed by atoms with van der Waals surface area (Å²) in [6.45, 7) is 2.58. The molecule has 130 valence electrons. The van der Waals surface area contributed by atoms with Gasteiger partial charge in [-0.1, -0.05) is 11.6 Å². The summed E-state index contributed by atoms with van der Waals surface area (Å²) >= 11 is 0. The molecule has 0 aromatic carbocycles. The maximum absolute atomic E-state index is 12.7. The molecule has 1 fully saturated rings. The van der Waals surface area contributed by atoms with E-state index in [1.807, 2.05) is 14.0 Å². The molecule has 2 atom stereocenters. The minimum absolute atomic E-state index is 0.0142. The lowest BCUT2D eigenvalue weighted by Crippen LogP contribution is -2.35. The molecule has 0 spiro atoms. The molecule has 1 aliphatic carbocycles. The highest BCUT2D eigenvalue weighted by atomic mass is 16.2. The van der Waals surface area contributed by atoms with Crippen molar-refractivity contribution in [2.24, 2.45) is 13.0 Å². The van der Waals surface area contributed by atoms with Crippen LogP contribution in [-0.4, -0.2) is 40.1 Å². The van der Waals surface area contributed by atoms with Gasteiger partial charge in [-0.15, -0.1) is 0 Å². The number of carbonyl (C=O) groups is 2. The summed E-state index contributed by atoms with van der Waals surface area (Å²) in [5.74, 6) is -0.373. The Labute approximate surface area is 142 Å². The summed E-state index contributed by atoms with van der Waals surface area (Å²) in [6, 6.07) is -0.230. The second-order valence-corrected chi connectivity index (χ2v) is 6.89. The van der Waals surface area contributed by atoms with Crippen molar-refractivity contribution >= 4 is 11.8 Å². The topological polar surface area (TPSA) is 67.2 Å². The van der Waals surface area contributed by atoms with Gasteiger partial charge >= 0.3 is 0 Å². The summed E-state index contributed by atoms with van der Waals surface area (Å²) in [5, 5.41) is 7.32. The number of rotatable bonds is 4. The Morgan fingerprint density at radius 1 is 1.38 bits per heavy atom. The second kappa shape index (κ2) is 6.79. The monoisotopic (exact) mass is 330 g/mol. The molecule has 2 aliphatic rings. The molecule has 1 saturated heterocycles. The maximum atomic E-state index is 12.7. The first kappa shape index (κ1) is 16.7. The van der Waals surface area contributed by atoms with E-state index in [-0.39, 0.29) is 30.2 Å². The molecular formula is C18H26N4O2. The first-order valence-electron chi connectivity index (χ1n) is 8.69. The van der Waals surface area contributed by atoms with Crippen molar-refractivity contribution in [2.75, 3.05) is 13.6 Å². The van der Waals surface area contributed by atoms with Crippen LogP contribution in [0, 0.1) is 12.8 Å². The highest BCUT2D eigenvalue weighted by Crippen LogP contribution is 2.38. The van der Waals surface area contributed by atoms with E-state index in [2.05, 4.69) is 16.5 Å². The Balaban J connectivity index is 1.74. The van der Waals surface area contributed by atoms with E-state index in [1.165, 1.54) is 18.4 Å². The number of hydrogen-bond acceptors (Lipinski definition) is 3. The fourth-order valence-corrected chi connectivity index (χ4v) is 3.73. The summed E-state index contributed by atoms with van der Waals surface area (Å²) in [4.78, 5) is 26.6. The van der Waals surface area contributed by atoms with Crippen LogP contribution >= 0.6 is 0 Å². The Bertz CT molecular complexity index is 677. The van der Waals surface area contributed by atoms with Gasteiger partial charge in [0.25, 0.3) is 0 Å². The number of nitrogens with one attached hydrogen (secondary N) is 1. The van der Waals surface area contributed by atoms with Gasteiger partial charge < -0.3 is 10.2 Å². The van der Waals surface area contributed by atoms with E-state index >= 15 is 0 Å². The number of hydrogen-bond donors (Lipinski definition) is 1. The number of amides is 2. The largest absolute Gasteiger partial charge is 0.352 e. The number of carbonyl (C=O) groups excluding carboxylic acids is 2. The lowest BCUT2D eigenvalue weighted by Gasteiger charge is -2.24. The van der Waals surface area contributed by atoms with E-state index < -0.39 is 0 Å². The van der Waals surface area contributed by atoms with Crippen molar-refractivity contribution in [3.05, 3.63) is 29.1 Å². The van der Waals surface area contributed by atoms with Gasteiger partial charge in [-0.2, -0.15) is 5.10 Å². The van der Waals surface area contributed by atoms with Crippen LogP contribution in [-0.2, 0) is 16.6 Å². The summed E-state index contributed by atoms with van der Waals surface area (Å²) in [5.41, 5.74) is 3.26. The molecule has 1 N–H and O–H groups in total. The van der Waals surface area contributed by atoms with Crippen molar-refractivity contribution in [3.63, 3.8) is 0 Å². The van der Waals surface area contributed by atoms with E-state index in [4.69, 9.17) is 0 Å². The molecule has 1 aliphatic heterocycles. The van der Waals surface area contributed by atoms with E-state index in [0.29, 0.717) is 6.54 Å². The predicted octanol–water partition coefficient (Wildman–Crippen LogP) is 1.86. The Kier molecular flexibility index (Phi) is 4.73. The van der Waals surface area contributed by atoms with E-state index in [1.54, 1.807) is 22.8 Å². The third kappa shape index (κ3) is 3.09. The fourth-order valence-electron chi connectivity index (χ4n) is 3.73. The lowest BCUT2D eigenvalue weighted by molar-refractivity contribution is -0.128. The van der Waals surface area contributed by atoms with Crippen LogP contribution in [0.3, 0.4) is 0 Å². The minimum Gasteiger partial charge on any atom is -0.352 e. The molecule has 0 bridgehead atoms. The number of nitrogens with zero attached hydrogens (tertiary/aromatic N) is 3. The van der Waals surface area contributed by atoms with Crippen LogP contribution in [0.15, 0.2) is 17.8 Å². The number of aryl methyl sites for hydroxylation is 1. The summed E-state index contributed by atoms with van der Waals surface area (Å²) < 4.78 is 1.79. The quantitative estimate of drug-likeness (QED) is 0.857. The van der Waals surface area contributed by atoms with Gasteiger partial charge in [0.2, 0.25) is 11.8 Å². The average molecular weight is 330 g/mol. The molecule has 6 heteroatoms. The van der Waals surface area contributed by atoms with Crippen molar-refractivity contribution < 1.29 is 9.59 Å². The molecule has 0 radical (unpaired) electrons. The molecule has 6 nitrogen and oxygen atoms in total. The van der Waals surface area contributed by atoms with Gasteiger partial charge in [0.1, 0.15) is 0 Å². The highest BCUT2D eigenvalue weighted by Gasteiger charge is 2.43. The molecule has 3 rings (SSSR count). The highest BCUT2D eigenvalue weighted by molar-refractivity contribution is 5.90. The SMILES string of the molecule is Cc1c([C@@H]2[C@@H](C(=O)NCC3=CCCCC3)CC(=O)N2C)cnn1C. The first-order valence-corrected chi connectivity index (χ1v) is 8.69. The van der Waals surface area contributed by atoms with Crippen LogP contribution < -0.4 is 5.32 Å². The van der Waals surface area contributed by atoms with Crippen LogP contribution in [0.1, 0.15) is 49.4 Å². The molecule has 0 saturated carbocycles. The van der Waals surface area contributed by atoms with Crippen molar-refractivity contribution in [1.29, 1.82) is 0 Å². The zero-order valence-corrected chi connectivity index (χ0v) is 14.7. The van der Waals surface area contributed by atoms with Gasteiger partial charge in [-0.3, -0.25) is 14.3 Å². The van der Waals surface area contributed by atoms with Crippen molar-refractivity contribution in [3.8, 4) is 0 Å². The number of allylic oxidation sites excluding steroid dienone is 1. The van der Waals surface area contributed by atoms with Crippen LogP contribution in [0.4, 0.5) is 0 Å².